The van der Waals surface area contributed by atoms with Crippen LogP contribution in [0.1, 0.15) is 24.8 Å². The van der Waals surface area contributed by atoms with Crippen LogP contribution in [0.25, 0.3) is 0 Å². The second-order valence-corrected chi connectivity index (χ2v) is 6.29. The highest BCUT2D eigenvalue weighted by Gasteiger charge is 2.16. The molecular weight excluding hydrogens is 328 g/mol. The minimum absolute atomic E-state index is 0.0486. The van der Waals surface area contributed by atoms with Gasteiger partial charge in [0.2, 0.25) is 5.91 Å². The van der Waals surface area contributed by atoms with Gasteiger partial charge in [-0.25, -0.2) is 0 Å². The van der Waals surface area contributed by atoms with Gasteiger partial charge in [-0.2, -0.15) is 0 Å². The number of nitrogens with one attached hydrogen (secondary N) is 2. The number of benzene rings is 1. The summed E-state index contributed by atoms with van der Waals surface area (Å²) in [5.74, 6) is 0.684. The molecule has 2 N–H and O–H groups in total. The van der Waals surface area contributed by atoms with Gasteiger partial charge < -0.3 is 10.6 Å². The molecule has 0 radical (unpaired) electrons. The Hall–Kier alpha value is -0.580. The van der Waals surface area contributed by atoms with Crippen molar-refractivity contribution < 1.29 is 4.79 Å². The van der Waals surface area contributed by atoms with E-state index in [0.29, 0.717) is 17.4 Å². The van der Waals surface area contributed by atoms with Crippen molar-refractivity contribution in [3.63, 3.8) is 0 Å². The van der Waals surface area contributed by atoms with E-state index in [1.54, 1.807) is 6.07 Å². The molecule has 1 aromatic rings. The van der Waals surface area contributed by atoms with Gasteiger partial charge in [0.25, 0.3) is 0 Å². The molecule has 0 saturated carbocycles. The summed E-state index contributed by atoms with van der Waals surface area (Å²) in [6.45, 7) is 4.05. The normalized spacial score (nSPS) is 18.6. The minimum Gasteiger partial charge on any atom is -0.325 e. The van der Waals surface area contributed by atoms with Crippen LogP contribution < -0.4 is 10.6 Å². The van der Waals surface area contributed by atoms with Crippen LogP contribution in [0, 0.1) is 12.8 Å². The third-order valence-corrected chi connectivity index (χ3v) is 4.53. The molecule has 1 amide bonds. The van der Waals surface area contributed by atoms with Crippen molar-refractivity contribution in [2.45, 2.75) is 26.2 Å². The fraction of sp³-hybridized carbons (Fsp3) is 0.500. The first-order valence-electron chi connectivity index (χ1n) is 6.52. The average molecular weight is 346 g/mol. The zero-order chi connectivity index (χ0) is 13.8. The lowest BCUT2D eigenvalue weighted by molar-refractivity contribution is -0.116. The molecule has 0 aromatic heterocycles. The van der Waals surface area contributed by atoms with Gasteiger partial charge in [0.05, 0.1) is 5.69 Å². The van der Waals surface area contributed by atoms with Crippen LogP contribution in [0.2, 0.25) is 5.02 Å². The number of carbonyl (C=O) groups is 1. The van der Waals surface area contributed by atoms with Crippen molar-refractivity contribution in [1.29, 1.82) is 0 Å². The van der Waals surface area contributed by atoms with E-state index in [2.05, 4.69) is 26.6 Å². The van der Waals surface area contributed by atoms with E-state index >= 15 is 0 Å². The van der Waals surface area contributed by atoms with Gasteiger partial charge in [0, 0.05) is 15.9 Å². The van der Waals surface area contributed by atoms with Crippen molar-refractivity contribution in [2.24, 2.45) is 5.92 Å². The number of aryl methyl sites for hydroxylation is 1. The molecule has 1 fully saturated rings. The van der Waals surface area contributed by atoms with Crippen LogP contribution in [0.5, 0.6) is 0 Å². The maximum Gasteiger partial charge on any atom is 0.224 e. The SMILES string of the molecule is Cc1cc(Br)c(NC(=O)CCC2CCNC2)cc1Cl. The van der Waals surface area contributed by atoms with E-state index in [1.807, 2.05) is 13.0 Å². The molecule has 0 spiro atoms. The number of amides is 1. The van der Waals surface area contributed by atoms with Crippen molar-refractivity contribution in [3.05, 3.63) is 27.2 Å². The largest absolute Gasteiger partial charge is 0.325 e. The maximum absolute atomic E-state index is 11.9. The van der Waals surface area contributed by atoms with Gasteiger partial charge in [-0.3, -0.25) is 4.79 Å². The first-order valence-corrected chi connectivity index (χ1v) is 7.69. The van der Waals surface area contributed by atoms with E-state index in [4.69, 9.17) is 11.6 Å². The predicted molar refractivity (Wildman–Crippen MR) is 82.7 cm³/mol. The molecule has 1 heterocycles. The Kier molecular flexibility index (Phi) is 5.25. The third kappa shape index (κ3) is 4.20. The van der Waals surface area contributed by atoms with Gasteiger partial charge in [-0.15, -0.1) is 0 Å². The number of hydrogen-bond acceptors (Lipinski definition) is 2. The molecule has 0 bridgehead atoms. The molecule has 1 aliphatic heterocycles. The van der Waals surface area contributed by atoms with E-state index in [1.165, 1.54) is 6.42 Å². The Morgan fingerprint density at radius 2 is 2.37 bits per heavy atom. The van der Waals surface area contributed by atoms with Gasteiger partial charge in [0.1, 0.15) is 0 Å². The average Bonchev–Trinajstić information content (AvgIpc) is 2.86. The van der Waals surface area contributed by atoms with E-state index in [9.17, 15) is 4.79 Å². The Morgan fingerprint density at radius 3 is 3.05 bits per heavy atom. The molecule has 1 atom stereocenters. The van der Waals surface area contributed by atoms with Crippen molar-refractivity contribution in [1.82, 2.24) is 5.32 Å². The Bertz CT molecular complexity index is 473. The lowest BCUT2D eigenvalue weighted by Crippen LogP contribution is -2.15. The summed E-state index contributed by atoms with van der Waals surface area (Å²) in [5.41, 5.74) is 1.73. The number of anilines is 1. The Labute approximate surface area is 127 Å². The summed E-state index contributed by atoms with van der Waals surface area (Å²) in [7, 11) is 0. The lowest BCUT2D eigenvalue weighted by atomic mass is 10.0. The second-order valence-electron chi connectivity index (χ2n) is 5.03. The maximum atomic E-state index is 11.9. The highest BCUT2D eigenvalue weighted by Crippen LogP contribution is 2.29. The number of hydrogen-bond donors (Lipinski definition) is 2. The van der Waals surface area contributed by atoms with Crippen LogP contribution in [0.15, 0.2) is 16.6 Å². The van der Waals surface area contributed by atoms with Crippen molar-refractivity contribution >= 4 is 39.1 Å². The van der Waals surface area contributed by atoms with Crippen LogP contribution in [0.3, 0.4) is 0 Å². The molecule has 1 aromatic carbocycles. The molecule has 19 heavy (non-hydrogen) atoms. The van der Waals surface area contributed by atoms with Gasteiger partial charge in [-0.1, -0.05) is 11.6 Å². The second kappa shape index (κ2) is 6.73. The van der Waals surface area contributed by atoms with E-state index in [0.717, 1.165) is 35.2 Å². The molecule has 0 aliphatic carbocycles. The fourth-order valence-electron chi connectivity index (χ4n) is 2.25. The quantitative estimate of drug-likeness (QED) is 0.873. The van der Waals surface area contributed by atoms with Crippen molar-refractivity contribution in [3.8, 4) is 0 Å². The summed E-state index contributed by atoms with van der Waals surface area (Å²) in [6.07, 6.45) is 2.67. The summed E-state index contributed by atoms with van der Waals surface area (Å²) in [4.78, 5) is 11.9. The number of halogens is 2. The summed E-state index contributed by atoms with van der Waals surface area (Å²) in [6, 6.07) is 3.70. The predicted octanol–water partition coefficient (Wildman–Crippen LogP) is 3.74. The molecule has 104 valence electrons. The summed E-state index contributed by atoms with van der Waals surface area (Å²) >= 11 is 9.51. The van der Waals surface area contributed by atoms with Crippen LogP contribution >= 0.6 is 27.5 Å². The molecule has 1 unspecified atom stereocenters. The molecule has 1 saturated heterocycles. The van der Waals surface area contributed by atoms with Crippen LogP contribution in [-0.4, -0.2) is 19.0 Å². The van der Waals surface area contributed by atoms with Crippen LogP contribution in [-0.2, 0) is 4.79 Å². The monoisotopic (exact) mass is 344 g/mol. The molecule has 3 nitrogen and oxygen atoms in total. The minimum atomic E-state index is 0.0486. The summed E-state index contributed by atoms with van der Waals surface area (Å²) in [5, 5.41) is 6.89. The topological polar surface area (TPSA) is 41.1 Å². The summed E-state index contributed by atoms with van der Waals surface area (Å²) < 4.78 is 0.866. The third-order valence-electron chi connectivity index (χ3n) is 3.46. The van der Waals surface area contributed by atoms with E-state index in [-0.39, 0.29) is 5.91 Å². The van der Waals surface area contributed by atoms with Gasteiger partial charge in [-0.05, 0) is 72.4 Å². The highest BCUT2D eigenvalue weighted by atomic mass is 79.9. The Balaban J connectivity index is 1.89. The molecule has 2 rings (SSSR count). The highest BCUT2D eigenvalue weighted by molar-refractivity contribution is 9.10. The fourth-order valence-corrected chi connectivity index (χ4v) is 2.97. The zero-order valence-corrected chi connectivity index (χ0v) is 13.3. The smallest absolute Gasteiger partial charge is 0.224 e. The number of rotatable bonds is 4. The zero-order valence-electron chi connectivity index (χ0n) is 10.9. The molecular formula is C14H18BrClN2O. The van der Waals surface area contributed by atoms with E-state index < -0.39 is 0 Å². The Morgan fingerprint density at radius 1 is 1.58 bits per heavy atom. The first kappa shape index (κ1) is 14.8. The lowest BCUT2D eigenvalue weighted by Gasteiger charge is -2.11. The van der Waals surface area contributed by atoms with Crippen LogP contribution in [0.4, 0.5) is 5.69 Å². The van der Waals surface area contributed by atoms with Gasteiger partial charge >= 0.3 is 0 Å². The standard InChI is InChI=1S/C14H18BrClN2O/c1-9-6-11(15)13(7-12(9)16)18-14(19)3-2-10-4-5-17-8-10/h6-7,10,17H,2-5,8H2,1H3,(H,18,19). The van der Waals surface area contributed by atoms with Crippen molar-refractivity contribution in [2.75, 3.05) is 18.4 Å². The molecule has 5 heteroatoms. The molecule has 1 aliphatic rings. The van der Waals surface area contributed by atoms with Gasteiger partial charge in [0.15, 0.2) is 0 Å². The first-order chi connectivity index (χ1) is 9.06. The number of carbonyl (C=O) groups excluding carboxylic acids is 1.